The molecule has 1 aromatic rings. The molecule has 0 aliphatic heterocycles. The quantitative estimate of drug-likeness (QED) is 0.846. The van der Waals surface area contributed by atoms with Crippen LogP contribution in [0.3, 0.4) is 0 Å². The number of carbonyl (C=O) groups is 2. The lowest BCUT2D eigenvalue weighted by molar-refractivity contribution is -0.138. The number of halogens is 1. The van der Waals surface area contributed by atoms with Gasteiger partial charge in [0.05, 0.1) is 0 Å². The van der Waals surface area contributed by atoms with Crippen LogP contribution in [0.15, 0.2) is 28.7 Å². The van der Waals surface area contributed by atoms with E-state index in [1.165, 1.54) is 0 Å². The maximum absolute atomic E-state index is 11.8. The Morgan fingerprint density at radius 1 is 1.44 bits per heavy atom. The van der Waals surface area contributed by atoms with Crippen molar-refractivity contribution < 1.29 is 14.7 Å². The molecule has 18 heavy (non-hydrogen) atoms. The van der Waals surface area contributed by atoms with Gasteiger partial charge in [-0.05, 0) is 30.5 Å². The summed E-state index contributed by atoms with van der Waals surface area (Å²) in [4.78, 5) is 22.2. The van der Waals surface area contributed by atoms with Crippen molar-refractivity contribution >= 4 is 27.8 Å². The van der Waals surface area contributed by atoms with Gasteiger partial charge in [-0.15, -0.1) is 0 Å². The molecule has 1 aromatic carbocycles. The van der Waals surface area contributed by atoms with Crippen LogP contribution in [-0.2, 0) is 16.0 Å². The molecule has 0 aromatic heterocycles. The van der Waals surface area contributed by atoms with E-state index in [1.807, 2.05) is 31.2 Å². The van der Waals surface area contributed by atoms with Crippen LogP contribution in [0.1, 0.15) is 18.9 Å². The van der Waals surface area contributed by atoms with Gasteiger partial charge in [0.15, 0.2) is 0 Å². The highest BCUT2D eigenvalue weighted by Crippen LogP contribution is 2.17. The van der Waals surface area contributed by atoms with Crippen molar-refractivity contribution in [2.24, 2.45) is 5.92 Å². The Morgan fingerprint density at radius 2 is 2.17 bits per heavy atom. The van der Waals surface area contributed by atoms with Gasteiger partial charge in [0.1, 0.15) is 6.54 Å². The Balaban J connectivity index is 2.61. The lowest BCUT2D eigenvalue weighted by atomic mass is 9.96. The first-order chi connectivity index (χ1) is 8.52. The molecule has 0 unspecified atom stereocenters. The molecule has 1 amide bonds. The number of nitrogens with one attached hydrogen (secondary N) is 1. The monoisotopic (exact) mass is 313 g/mol. The molecule has 0 saturated carbocycles. The summed E-state index contributed by atoms with van der Waals surface area (Å²) in [5.41, 5.74) is 1.06. The molecule has 0 heterocycles. The van der Waals surface area contributed by atoms with Crippen LogP contribution in [0, 0.1) is 5.92 Å². The van der Waals surface area contributed by atoms with Gasteiger partial charge in [0, 0.05) is 10.4 Å². The number of aliphatic carboxylic acids is 1. The van der Waals surface area contributed by atoms with Gasteiger partial charge in [-0.3, -0.25) is 9.59 Å². The summed E-state index contributed by atoms with van der Waals surface area (Å²) in [7, 11) is 0. The molecule has 2 N–H and O–H groups in total. The van der Waals surface area contributed by atoms with Crippen molar-refractivity contribution in [3.63, 3.8) is 0 Å². The Bertz CT molecular complexity index is 434. The Kier molecular flexibility index (Phi) is 5.85. The smallest absolute Gasteiger partial charge is 0.322 e. The predicted octanol–water partition coefficient (Wildman–Crippen LogP) is 2.22. The average molecular weight is 314 g/mol. The first-order valence-electron chi connectivity index (χ1n) is 5.77. The van der Waals surface area contributed by atoms with Crippen molar-refractivity contribution in [2.75, 3.05) is 6.54 Å². The molecule has 0 spiro atoms. The third-order valence-electron chi connectivity index (χ3n) is 2.65. The summed E-state index contributed by atoms with van der Waals surface area (Å²) in [6.07, 6.45) is 1.29. The van der Waals surface area contributed by atoms with Crippen LogP contribution in [-0.4, -0.2) is 23.5 Å². The summed E-state index contributed by atoms with van der Waals surface area (Å²) in [5, 5.41) is 10.9. The molecule has 4 nitrogen and oxygen atoms in total. The van der Waals surface area contributed by atoms with E-state index in [0.717, 1.165) is 10.0 Å². The van der Waals surface area contributed by atoms with E-state index in [1.54, 1.807) is 0 Å². The van der Waals surface area contributed by atoms with E-state index in [2.05, 4.69) is 21.2 Å². The molecule has 0 bridgehead atoms. The number of carboxylic acid groups (broad SMARTS) is 1. The van der Waals surface area contributed by atoms with Crippen LogP contribution < -0.4 is 5.32 Å². The summed E-state index contributed by atoms with van der Waals surface area (Å²) in [6.45, 7) is 1.59. The van der Waals surface area contributed by atoms with Gasteiger partial charge in [-0.2, -0.15) is 0 Å². The highest BCUT2D eigenvalue weighted by atomic mass is 79.9. The molecule has 0 aliphatic carbocycles. The highest BCUT2D eigenvalue weighted by molar-refractivity contribution is 9.10. The topological polar surface area (TPSA) is 66.4 Å². The number of hydrogen-bond acceptors (Lipinski definition) is 2. The van der Waals surface area contributed by atoms with E-state index in [9.17, 15) is 9.59 Å². The van der Waals surface area contributed by atoms with Crippen molar-refractivity contribution in [2.45, 2.75) is 19.8 Å². The fourth-order valence-electron chi connectivity index (χ4n) is 1.68. The zero-order chi connectivity index (χ0) is 13.5. The molecular weight excluding hydrogens is 298 g/mol. The lowest BCUT2D eigenvalue weighted by Gasteiger charge is -2.14. The number of rotatable bonds is 6. The number of benzene rings is 1. The van der Waals surface area contributed by atoms with Crippen LogP contribution in [0.4, 0.5) is 0 Å². The summed E-state index contributed by atoms with van der Waals surface area (Å²) >= 11 is 3.38. The van der Waals surface area contributed by atoms with Gasteiger partial charge in [0.2, 0.25) is 5.91 Å². The van der Waals surface area contributed by atoms with Crippen molar-refractivity contribution in [3.8, 4) is 0 Å². The van der Waals surface area contributed by atoms with Crippen molar-refractivity contribution in [3.05, 3.63) is 34.3 Å². The van der Waals surface area contributed by atoms with Crippen molar-refractivity contribution in [1.29, 1.82) is 0 Å². The second-order valence-corrected chi connectivity index (χ2v) is 4.97. The van der Waals surface area contributed by atoms with Crippen LogP contribution >= 0.6 is 15.9 Å². The maximum atomic E-state index is 11.8. The fraction of sp³-hybridized carbons (Fsp3) is 0.385. The molecule has 0 aliphatic rings. The van der Waals surface area contributed by atoms with Crippen molar-refractivity contribution in [1.82, 2.24) is 5.32 Å². The molecule has 98 valence electrons. The fourth-order valence-corrected chi connectivity index (χ4v) is 2.12. The number of carboxylic acids is 1. The summed E-state index contributed by atoms with van der Waals surface area (Å²) < 4.78 is 0.973. The van der Waals surface area contributed by atoms with E-state index in [4.69, 9.17) is 5.11 Å². The minimum Gasteiger partial charge on any atom is -0.480 e. The lowest BCUT2D eigenvalue weighted by Crippen LogP contribution is -2.35. The van der Waals surface area contributed by atoms with E-state index in [0.29, 0.717) is 12.8 Å². The summed E-state index contributed by atoms with van der Waals surface area (Å²) in [5.74, 6) is -1.43. The molecule has 0 saturated heterocycles. The number of carbonyl (C=O) groups excluding carboxylic acids is 1. The largest absolute Gasteiger partial charge is 0.480 e. The number of amides is 1. The molecular formula is C13H16BrNO3. The second-order valence-electron chi connectivity index (χ2n) is 4.05. The van der Waals surface area contributed by atoms with Crippen LogP contribution in [0.25, 0.3) is 0 Å². The second kappa shape index (κ2) is 7.16. The normalized spacial score (nSPS) is 11.9. The van der Waals surface area contributed by atoms with E-state index >= 15 is 0 Å². The van der Waals surface area contributed by atoms with Crippen LogP contribution in [0.2, 0.25) is 0 Å². The maximum Gasteiger partial charge on any atom is 0.322 e. The summed E-state index contributed by atoms with van der Waals surface area (Å²) in [6, 6.07) is 7.77. The first-order valence-corrected chi connectivity index (χ1v) is 6.56. The Hall–Kier alpha value is -1.36. The van der Waals surface area contributed by atoms with E-state index in [-0.39, 0.29) is 18.4 Å². The standard InChI is InChI=1S/C13H16BrNO3/c1-2-10(13(18)15-8-12(16)17)6-9-4-3-5-11(14)7-9/h3-5,7,10H,2,6,8H2,1H3,(H,15,18)(H,16,17)/t10-/m1/s1. The third kappa shape index (κ3) is 4.87. The van der Waals surface area contributed by atoms with Gasteiger partial charge in [0.25, 0.3) is 0 Å². The van der Waals surface area contributed by atoms with Gasteiger partial charge >= 0.3 is 5.97 Å². The molecule has 0 fully saturated rings. The minimum atomic E-state index is -1.03. The minimum absolute atomic E-state index is 0.196. The zero-order valence-electron chi connectivity index (χ0n) is 10.1. The van der Waals surface area contributed by atoms with Gasteiger partial charge in [-0.25, -0.2) is 0 Å². The molecule has 5 heteroatoms. The van der Waals surface area contributed by atoms with Crippen LogP contribution in [0.5, 0.6) is 0 Å². The third-order valence-corrected chi connectivity index (χ3v) is 3.14. The van der Waals surface area contributed by atoms with Gasteiger partial charge in [-0.1, -0.05) is 35.0 Å². The number of hydrogen-bond donors (Lipinski definition) is 2. The average Bonchev–Trinajstić information content (AvgIpc) is 2.33. The van der Waals surface area contributed by atoms with E-state index < -0.39 is 5.97 Å². The predicted molar refractivity (Wildman–Crippen MR) is 72.3 cm³/mol. The molecule has 1 rings (SSSR count). The van der Waals surface area contributed by atoms with Gasteiger partial charge < -0.3 is 10.4 Å². The molecule has 1 atom stereocenters. The SMILES string of the molecule is CC[C@H](Cc1cccc(Br)c1)C(=O)NCC(=O)O. The molecule has 0 radical (unpaired) electrons. The first kappa shape index (κ1) is 14.7. The Labute approximate surface area is 115 Å². The zero-order valence-corrected chi connectivity index (χ0v) is 11.7. The Morgan fingerprint density at radius 3 is 2.72 bits per heavy atom. The highest BCUT2D eigenvalue weighted by Gasteiger charge is 2.17.